The summed E-state index contributed by atoms with van der Waals surface area (Å²) < 4.78 is 0.116. The van der Waals surface area contributed by atoms with Crippen LogP contribution in [0.15, 0.2) is 41.3 Å². The zero-order valence-electron chi connectivity index (χ0n) is 14.8. The molecular weight excluding hydrogens is 414 g/mol. The third-order valence-electron chi connectivity index (χ3n) is 5.82. The highest BCUT2D eigenvalue weighted by atomic mass is 32.2. The predicted octanol–water partition coefficient (Wildman–Crippen LogP) is 2.52. The Morgan fingerprint density at radius 1 is 1.03 bits per heavy atom. The Morgan fingerprint density at radius 3 is 2.17 bits per heavy atom. The van der Waals surface area contributed by atoms with Crippen molar-refractivity contribution in [2.75, 3.05) is 0 Å². The fourth-order valence-corrected chi connectivity index (χ4v) is 5.80. The summed E-state index contributed by atoms with van der Waals surface area (Å²) in [4.78, 5) is 49.4. The van der Waals surface area contributed by atoms with Crippen molar-refractivity contribution in [2.45, 2.75) is 6.42 Å². The molecule has 3 fully saturated rings. The fourth-order valence-electron chi connectivity index (χ4n) is 4.56. The highest BCUT2D eigenvalue weighted by molar-refractivity contribution is 8.26. The molecule has 1 saturated carbocycles. The second kappa shape index (κ2) is 6.33. The molecule has 4 aliphatic rings. The lowest BCUT2D eigenvalue weighted by Gasteiger charge is -2.25. The van der Waals surface area contributed by atoms with Crippen molar-refractivity contribution in [1.82, 2.24) is 10.0 Å². The summed E-state index contributed by atoms with van der Waals surface area (Å²) in [6.07, 6.45) is 6.32. The van der Waals surface area contributed by atoms with Gasteiger partial charge in [-0.2, -0.15) is 10.0 Å². The Balaban J connectivity index is 1.42. The van der Waals surface area contributed by atoms with Crippen LogP contribution in [0.25, 0.3) is 6.08 Å². The van der Waals surface area contributed by atoms with Gasteiger partial charge in [-0.25, -0.2) is 0 Å². The Kier molecular flexibility index (Phi) is 3.97. The van der Waals surface area contributed by atoms with E-state index in [1.165, 1.54) is 24.3 Å². The van der Waals surface area contributed by atoms with E-state index in [0.717, 1.165) is 28.2 Å². The third-order valence-corrected chi connectivity index (χ3v) is 7.10. The van der Waals surface area contributed by atoms with Gasteiger partial charge in [0.05, 0.1) is 21.7 Å². The van der Waals surface area contributed by atoms with Crippen molar-refractivity contribution < 1.29 is 19.3 Å². The summed E-state index contributed by atoms with van der Waals surface area (Å²) >= 11 is 6.29. The van der Waals surface area contributed by atoms with E-state index in [1.54, 1.807) is 6.08 Å². The van der Waals surface area contributed by atoms with Crippen LogP contribution in [0.2, 0.25) is 0 Å². The summed E-state index contributed by atoms with van der Waals surface area (Å²) in [5.74, 6) is -2.03. The lowest BCUT2D eigenvalue weighted by molar-refractivity contribution is -0.384. The molecule has 3 amide bonds. The van der Waals surface area contributed by atoms with E-state index < -0.39 is 22.7 Å². The zero-order chi connectivity index (χ0) is 20.4. The summed E-state index contributed by atoms with van der Waals surface area (Å²) in [6.45, 7) is 0. The van der Waals surface area contributed by atoms with Crippen molar-refractivity contribution in [3.63, 3.8) is 0 Å². The van der Waals surface area contributed by atoms with Crippen molar-refractivity contribution in [2.24, 2.45) is 23.7 Å². The number of non-ortho nitro benzene ring substituents is 1. The number of rotatable bonds is 3. The minimum Gasteiger partial charge on any atom is -0.272 e. The molecule has 0 N–H and O–H groups in total. The molecule has 29 heavy (non-hydrogen) atoms. The van der Waals surface area contributed by atoms with Gasteiger partial charge in [0.15, 0.2) is 4.32 Å². The Bertz CT molecular complexity index is 1030. The number of benzene rings is 1. The first-order valence-corrected chi connectivity index (χ1v) is 10.2. The van der Waals surface area contributed by atoms with Crippen molar-refractivity contribution in [3.05, 3.63) is 57.0 Å². The van der Waals surface area contributed by atoms with Crippen molar-refractivity contribution in [3.8, 4) is 0 Å². The van der Waals surface area contributed by atoms with Crippen LogP contribution < -0.4 is 0 Å². The number of fused-ring (bicyclic) bond motifs is 5. The van der Waals surface area contributed by atoms with Crippen LogP contribution in [0.1, 0.15) is 12.0 Å². The number of thioether (sulfide) groups is 1. The van der Waals surface area contributed by atoms with Gasteiger partial charge in [0, 0.05) is 12.1 Å². The van der Waals surface area contributed by atoms with Crippen LogP contribution in [0.3, 0.4) is 0 Å². The largest absolute Gasteiger partial charge is 0.285 e. The van der Waals surface area contributed by atoms with Gasteiger partial charge in [-0.1, -0.05) is 23.9 Å². The van der Waals surface area contributed by atoms with Crippen LogP contribution >= 0.6 is 24.0 Å². The first-order valence-electron chi connectivity index (χ1n) is 8.95. The molecule has 0 spiro atoms. The molecule has 5 rings (SSSR count). The van der Waals surface area contributed by atoms with Crippen LogP contribution in [0.4, 0.5) is 5.69 Å². The van der Waals surface area contributed by atoms with Gasteiger partial charge < -0.3 is 0 Å². The maximum absolute atomic E-state index is 13.0. The van der Waals surface area contributed by atoms with Gasteiger partial charge in [-0.05, 0) is 54.2 Å². The minimum absolute atomic E-state index is 0.0421. The monoisotopic (exact) mass is 427 g/mol. The summed E-state index contributed by atoms with van der Waals surface area (Å²) in [7, 11) is 0. The first-order chi connectivity index (χ1) is 13.9. The molecule has 4 atom stereocenters. The molecule has 0 radical (unpaired) electrons. The molecule has 0 aromatic heterocycles. The van der Waals surface area contributed by atoms with E-state index in [0.29, 0.717) is 5.56 Å². The third kappa shape index (κ3) is 2.59. The molecule has 1 aromatic rings. The molecule has 2 aliphatic heterocycles. The SMILES string of the molecule is O=C1/C(=C/c2ccc([N+](=O)[O-])cc2)SC(=S)N1N1C(=O)[C@@H]2[C@H](C1=O)[C@@H]1C=C[C@H]2C1. The van der Waals surface area contributed by atoms with Gasteiger partial charge in [0.25, 0.3) is 23.4 Å². The number of hydrogen-bond donors (Lipinski definition) is 0. The smallest absolute Gasteiger partial charge is 0.272 e. The van der Waals surface area contributed by atoms with Crippen LogP contribution in [0.5, 0.6) is 0 Å². The van der Waals surface area contributed by atoms with E-state index >= 15 is 0 Å². The molecule has 10 heteroatoms. The Hall–Kier alpha value is -2.85. The quantitative estimate of drug-likeness (QED) is 0.182. The standard InChI is InChI=1S/C19H13N3O5S2/c23-16-13(7-9-1-5-12(6-2-9)22(26)27)29-19(28)21(16)20-17(24)14-10-3-4-11(8-10)15(14)18(20)25/h1-7,10-11,14-15H,8H2/b13-7-/t10-,11+,14-,15+. The zero-order valence-corrected chi connectivity index (χ0v) is 16.4. The molecule has 8 nitrogen and oxygen atoms in total. The number of nitro groups is 1. The number of nitro benzene ring substituents is 1. The first kappa shape index (κ1) is 18.2. The van der Waals surface area contributed by atoms with Crippen LogP contribution in [-0.4, -0.2) is 37.0 Å². The second-order valence-electron chi connectivity index (χ2n) is 7.33. The average Bonchev–Trinajstić information content (AvgIpc) is 3.42. The van der Waals surface area contributed by atoms with Gasteiger partial charge in [0.1, 0.15) is 0 Å². The molecule has 2 aliphatic carbocycles. The normalized spacial score (nSPS) is 31.5. The highest BCUT2D eigenvalue weighted by Crippen LogP contribution is 2.53. The molecule has 1 aromatic carbocycles. The lowest BCUT2D eigenvalue weighted by Crippen LogP contribution is -2.49. The number of hydrazine groups is 1. The molecular formula is C19H13N3O5S2. The fraction of sp³-hybridized carbons (Fsp3) is 0.263. The van der Waals surface area contributed by atoms with Crippen LogP contribution in [0, 0.1) is 33.8 Å². The average molecular weight is 427 g/mol. The minimum atomic E-state index is -0.541. The molecule has 0 unspecified atom stereocenters. The Labute approximate surface area is 174 Å². The number of carbonyl (C=O) groups is 3. The predicted molar refractivity (Wildman–Crippen MR) is 108 cm³/mol. The lowest BCUT2D eigenvalue weighted by atomic mass is 9.85. The molecule has 2 bridgehead atoms. The van der Waals surface area contributed by atoms with E-state index in [-0.39, 0.29) is 38.6 Å². The van der Waals surface area contributed by atoms with Crippen molar-refractivity contribution in [1.29, 1.82) is 0 Å². The number of amides is 3. The van der Waals surface area contributed by atoms with Gasteiger partial charge in [-0.3, -0.25) is 24.5 Å². The van der Waals surface area contributed by atoms with E-state index in [4.69, 9.17) is 12.2 Å². The van der Waals surface area contributed by atoms with Gasteiger partial charge in [0.2, 0.25) is 0 Å². The summed E-state index contributed by atoms with van der Waals surface area (Å²) in [6, 6.07) is 5.71. The van der Waals surface area contributed by atoms with E-state index in [2.05, 4.69) is 0 Å². The van der Waals surface area contributed by atoms with Gasteiger partial charge in [-0.15, -0.1) is 0 Å². The highest BCUT2D eigenvalue weighted by Gasteiger charge is 2.62. The number of allylic oxidation sites excluding steroid dienone is 2. The second-order valence-corrected chi connectivity index (χ2v) is 9.01. The molecule has 146 valence electrons. The van der Waals surface area contributed by atoms with Crippen molar-refractivity contribution >= 4 is 57.8 Å². The molecule has 2 saturated heterocycles. The van der Waals surface area contributed by atoms with E-state index in [9.17, 15) is 24.5 Å². The van der Waals surface area contributed by atoms with Crippen LogP contribution in [-0.2, 0) is 14.4 Å². The topological polar surface area (TPSA) is 101 Å². The number of nitrogens with zero attached hydrogens (tertiary/aromatic N) is 3. The maximum atomic E-state index is 13.0. The number of thiocarbonyl (C=S) groups is 1. The number of carbonyl (C=O) groups excluding carboxylic acids is 3. The Morgan fingerprint density at radius 2 is 1.62 bits per heavy atom. The maximum Gasteiger partial charge on any atom is 0.285 e. The summed E-state index contributed by atoms with van der Waals surface area (Å²) in [5, 5.41) is 12.7. The van der Waals surface area contributed by atoms with E-state index in [1.807, 2.05) is 12.2 Å². The summed E-state index contributed by atoms with van der Waals surface area (Å²) in [5.41, 5.74) is 0.520. The number of hydrogen-bond acceptors (Lipinski definition) is 7. The number of imide groups is 1. The molecule has 2 heterocycles. The van der Waals surface area contributed by atoms with Gasteiger partial charge >= 0.3 is 0 Å².